The molecular weight excluding hydrogens is 441 g/mol. The highest BCUT2D eigenvalue weighted by atomic mass is 35.5. The third-order valence-electron chi connectivity index (χ3n) is 5.08. The number of fused-ring (bicyclic) bond motifs is 1. The Morgan fingerprint density at radius 3 is 2.06 bits per heavy atom. The highest BCUT2D eigenvalue weighted by Gasteiger charge is 2.38. The first kappa shape index (κ1) is 20.8. The van der Waals surface area contributed by atoms with Gasteiger partial charge in [0.25, 0.3) is 17.7 Å². The van der Waals surface area contributed by atoms with Gasteiger partial charge in [-0.3, -0.25) is 28.8 Å². The molecule has 0 radical (unpaired) electrons. The van der Waals surface area contributed by atoms with Crippen LogP contribution >= 0.6 is 23.2 Å². The highest BCUT2D eigenvalue weighted by molar-refractivity contribution is 6.40. The molecule has 0 bridgehead atoms. The van der Waals surface area contributed by atoms with Crippen molar-refractivity contribution in [3.8, 4) is 0 Å². The van der Waals surface area contributed by atoms with E-state index >= 15 is 0 Å². The van der Waals surface area contributed by atoms with E-state index in [1.165, 1.54) is 30.9 Å². The van der Waals surface area contributed by atoms with Crippen LogP contribution in [-0.2, 0) is 9.59 Å². The molecule has 156 valence electrons. The third kappa shape index (κ3) is 3.32. The number of urea groups is 1. The van der Waals surface area contributed by atoms with Gasteiger partial charge in [0, 0.05) is 31.2 Å². The highest BCUT2D eigenvalue weighted by Crippen LogP contribution is 2.30. The van der Waals surface area contributed by atoms with Crippen molar-refractivity contribution < 1.29 is 19.2 Å². The Morgan fingerprint density at radius 1 is 0.871 bits per heavy atom. The lowest BCUT2D eigenvalue weighted by Crippen LogP contribution is -2.52. The SMILES string of the molecule is CN1C(=O)C(=Cc2cn(C(=O)c3c(Cl)cccc3Cl)c3ccccc23)C(=O)N(C)C1=O. The molecule has 9 heteroatoms. The minimum atomic E-state index is -0.717. The quantitative estimate of drug-likeness (QED) is 0.430. The maximum absolute atomic E-state index is 13.3. The molecule has 2 heterocycles. The van der Waals surface area contributed by atoms with Crippen molar-refractivity contribution in [2.24, 2.45) is 0 Å². The van der Waals surface area contributed by atoms with Crippen LogP contribution in [0.15, 0.2) is 54.2 Å². The first-order valence-electron chi connectivity index (χ1n) is 9.13. The normalized spacial score (nSPS) is 14.6. The van der Waals surface area contributed by atoms with E-state index in [1.54, 1.807) is 42.5 Å². The van der Waals surface area contributed by atoms with Crippen molar-refractivity contribution in [2.75, 3.05) is 14.1 Å². The number of nitrogens with zero attached hydrogens (tertiary/aromatic N) is 3. The van der Waals surface area contributed by atoms with Gasteiger partial charge in [-0.15, -0.1) is 0 Å². The predicted octanol–water partition coefficient (Wildman–Crippen LogP) is 4.07. The van der Waals surface area contributed by atoms with Crippen molar-refractivity contribution in [3.05, 3.63) is 75.4 Å². The Kier molecular flexibility index (Phi) is 5.16. The first-order valence-corrected chi connectivity index (χ1v) is 9.88. The second-order valence-electron chi connectivity index (χ2n) is 6.94. The summed E-state index contributed by atoms with van der Waals surface area (Å²) in [5.74, 6) is -1.89. The molecule has 1 saturated heterocycles. The standard InChI is InChI=1S/C22H15Cl2N3O4/c1-25-19(28)14(20(29)26(2)22(25)31)10-12-11-27(17-9-4-3-6-13(12)17)21(30)18-15(23)7-5-8-16(18)24/h3-11H,1-2H3. The molecule has 7 nitrogen and oxygen atoms in total. The minimum Gasteiger partial charge on any atom is -0.282 e. The smallest absolute Gasteiger partial charge is 0.282 e. The molecule has 1 aromatic heterocycles. The molecule has 1 fully saturated rings. The monoisotopic (exact) mass is 455 g/mol. The number of likely N-dealkylation sites (N-methyl/N-ethyl adjacent to an activating group) is 2. The summed E-state index contributed by atoms with van der Waals surface area (Å²) in [5.41, 5.74) is 0.959. The first-order chi connectivity index (χ1) is 14.7. The summed E-state index contributed by atoms with van der Waals surface area (Å²) in [6.07, 6.45) is 2.89. The van der Waals surface area contributed by atoms with Gasteiger partial charge < -0.3 is 0 Å². The van der Waals surface area contributed by atoms with Gasteiger partial charge in [-0.1, -0.05) is 47.5 Å². The van der Waals surface area contributed by atoms with Gasteiger partial charge in [-0.25, -0.2) is 4.79 Å². The van der Waals surface area contributed by atoms with E-state index in [4.69, 9.17) is 23.2 Å². The van der Waals surface area contributed by atoms with Crippen molar-refractivity contribution in [1.82, 2.24) is 14.4 Å². The van der Waals surface area contributed by atoms with E-state index in [0.717, 1.165) is 9.80 Å². The van der Waals surface area contributed by atoms with Crippen molar-refractivity contribution in [1.29, 1.82) is 0 Å². The van der Waals surface area contributed by atoms with Gasteiger partial charge in [0.1, 0.15) is 5.57 Å². The molecule has 4 amide bonds. The Bertz CT molecular complexity index is 1280. The van der Waals surface area contributed by atoms with Gasteiger partial charge in [0.15, 0.2) is 0 Å². The average Bonchev–Trinajstić information content (AvgIpc) is 3.12. The number of imide groups is 2. The largest absolute Gasteiger partial charge is 0.333 e. The van der Waals surface area contributed by atoms with E-state index in [2.05, 4.69) is 0 Å². The number of hydrogen-bond donors (Lipinski definition) is 0. The molecule has 0 aliphatic carbocycles. The number of hydrogen-bond acceptors (Lipinski definition) is 4. The van der Waals surface area contributed by atoms with Gasteiger partial charge >= 0.3 is 6.03 Å². The lowest BCUT2D eigenvalue weighted by Gasteiger charge is -2.28. The molecule has 1 aliphatic heterocycles. The van der Waals surface area contributed by atoms with E-state index in [1.807, 2.05) is 0 Å². The van der Waals surface area contributed by atoms with Crippen molar-refractivity contribution in [3.63, 3.8) is 0 Å². The molecular formula is C22H15Cl2N3O4. The van der Waals surface area contributed by atoms with Crippen LogP contribution in [0.1, 0.15) is 15.9 Å². The molecule has 31 heavy (non-hydrogen) atoms. The topological polar surface area (TPSA) is 79.7 Å². The van der Waals surface area contributed by atoms with Crippen molar-refractivity contribution >= 4 is 63.9 Å². The van der Waals surface area contributed by atoms with Gasteiger partial charge in [-0.2, -0.15) is 0 Å². The van der Waals surface area contributed by atoms with Gasteiger partial charge in [-0.05, 0) is 24.3 Å². The zero-order valence-electron chi connectivity index (χ0n) is 16.4. The Hall–Kier alpha value is -3.42. The molecule has 2 aromatic carbocycles. The Labute approximate surface area is 187 Å². The van der Waals surface area contributed by atoms with Crippen LogP contribution in [0, 0.1) is 0 Å². The number of halogens is 2. The second kappa shape index (κ2) is 7.68. The number of aromatic nitrogens is 1. The molecule has 4 rings (SSSR count). The summed E-state index contributed by atoms with van der Waals surface area (Å²) in [7, 11) is 2.60. The summed E-state index contributed by atoms with van der Waals surface area (Å²) in [6.45, 7) is 0. The molecule has 0 atom stereocenters. The van der Waals surface area contributed by atoms with E-state index < -0.39 is 23.8 Å². The van der Waals surface area contributed by atoms with Gasteiger partial charge in [0.05, 0.1) is 21.1 Å². The molecule has 0 N–H and O–H groups in total. The maximum atomic E-state index is 13.3. The summed E-state index contributed by atoms with van der Waals surface area (Å²) in [6, 6.07) is 11.1. The second-order valence-corrected chi connectivity index (χ2v) is 7.76. The Morgan fingerprint density at radius 2 is 1.45 bits per heavy atom. The third-order valence-corrected chi connectivity index (χ3v) is 5.71. The number of barbiturate groups is 1. The Balaban J connectivity index is 1.90. The molecule has 0 saturated carbocycles. The lowest BCUT2D eigenvalue weighted by atomic mass is 10.1. The number of carbonyl (C=O) groups is 4. The number of amides is 4. The molecule has 0 spiro atoms. The number of rotatable bonds is 2. The van der Waals surface area contributed by atoms with Crippen molar-refractivity contribution in [2.45, 2.75) is 0 Å². The fraction of sp³-hybridized carbons (Fsp3) is 0.0909. The van der Waals surface area contributed by atoms with E-state index in [-0.39, 0.29) is 21.2 Å². The minimum absolute atomic E-state index is 0.140. The van der Waals surface area contributed by atoms with Gasteiger partial charge in [0.2, 0.25) is 0 Å². The fourth-order valence-electron chi connectivity index (χ4n) is 3.44. The summed E-state index contributed by atoms with van der Waals surface area (Å²) in [4.78, 5) is 52.1. The molecule has 1 aliphatic rings. The number of para-hydroxylation sites is 1. The van der Waals surface area contributed by atoms with Crippen LogP contribution in [0.5, 0.6) is 0 Å². The van der Waals surface area contributed by atoms with Crippen LogP contribution in [0.4, 0.5) is 4.79 Å². The van der Waals surface area contributed by atoms with Crippen LogP contribution in [0.2, 0.25) is 10.0 Å². The van der Waals surface area contributed by atoms with E-state index in [0.29, 0.717) is 16.5 Å². The van der Waals surface area contributed by atoms with Crippen LogP contribution < -0.4 is 0 Å². The van der Waals surface area contributed by atoms with Crippen LogP contribution in [0.3, 0.4) is 0 Å². The fourth-order valence-corrected chi connectivity index (χ4v) is 4.00. The predicted molar refractivity (Wildman–Crippen MR) is 117 cm³/mol. The lowest BCUT2D eigenvalue weighted by molar-refractivity contribution is -0.134. The summed E-state index contributed by atoms with van der Waals surface area (Å²) < 4.78 is 1.37. The van der Waals surface area contributed by atoms with Crippen LogP contribution in [-0.4, -0.2) is 52.2 Å². The zero-order chi connectivity index (χ0) is 22.4. The number of carbonyl (C=O) groups excluding carboxylic acids is 4. The zero-order valence-corrected chi connectivity index (χ0v) is 17.9. The number of benzene rings is 2. The maximum Gasteiger partial charge on any atom is 0.333 e. The summed E-state index contributed by atoms with van der Waals surface area (Å²) >= 11 is 12.4. The van der Waals surface area contributed by atoms with Crippen LogP contribution in [0.25, 0.3) is 17.0 Å². The van der Waals surface area contributed by atoms with E-state index in [9.17, 15) is 19.2 Å². The molecule has 0 unspecified atom stereocenters. The molecule has 3 aromatic rings. The average molecular weight is 456 g/mol. The summed E-state index contributed by atoms with van der Waals surface area (Å²) in [5, 5.41) is 1.04.